The van der Waals surface area contributed by atoms with E-state index >= 15 is 0 Å². The highest BCUT2D eigenvalue weighted by Crippen LogP contribution is 2.24. The second kappa shape index (κ2) is 4.32. The largest absolute Gasteiger partial charge is 0.309 e. The smallest absolute Gasteiger partial charge is 0.246 e. The van der Waals surface area contributed by atoms with Crippen molar-refractivity contribution in [3.63, 3.8) is 0 Å². The summed E-state index contributed by atoms with van der Waals surface area (Å²) in [6.07, 6.45) is 0. The van der Waals surface area contributed by atoms with Gasteiger partial charge in [-0.05, 0) is 27.7 Å². The van der Waals surface area contributed by atoms with Crippen molar-refractivity contribution in [1.82, 2.24) is 19.8 Å². The zero-order valence-corrected chi connectivity index (χ0v) is 12.1. The molecule has 0 aliphatic carbocycles. The lowest BCUT2D eigenvalue weighted by Gasteiger charge is -2.38. The number of aromatic amines is 1. The maximum Gasteiger partial charge on any atom is 0.246 e. The third-order valence-corrected chi connectivity index (χ3v) is 5.30. The van der Waals surface area contributed by atoms with Crippen molar-refractivity contribution >= 4 is 10.0 Å². The minimum absolute atomic E-state index is 0.198. The molecule has 2 N–H and O–H groups in total. The predicted molar refractivity (Wildman–Crippen MR) is 68.9 cm³/mol. The van der Waals surface area contributed by atoms with Crippen LogP contribution < -0.4 is 5.32 Å². The molecular formula is C11H20N4O2S. The van der Waals surface area contributed by atoms with Gasteiger partial charge in [0, 0.05) is 25.2 Å². The second-order valence-electron chi connectivity index (χ2n) is 5.41. The monoisotopic (exact) mass is 272 g/mol. The Kier molecular flexibility index (Phi) is 3.25. The normalized spacial score (nSPS) is 21.1. The lowest BCUT2D eigenvalue weighted by Crippen LogP contribution is -2.58. The van der Waals surface area contributed by atoms with Gasteiger partial charge in [-0.2, -0.15) is 9.40 Å². The van der Waals surface area contributed by atoms with Crippen LogP contribution in [0.5, 0.6) is 0 Å². The molecule has 1 aliphatic rings. The number of nitrogens with zero attached hydrogens (tertiary/aromatic N) is 2. The number of hydrogen-bond donors (Lipinski definition) is 2. The average molecular weight is 272 g/mol. The van der Waals surface area contributed by atoms with Crippen LogP contribution in [0.1, 0.15) is 25.2 Å². The van der Waals surface area contributed by atoms with E-state index in [-0.39, 0.29) is 5.54 Å². The Hall–Kier alpha value is -0.920. The summed E-state index contributed by atoms with van der Waals surface area (Å²) in [5.41, 5.74) is 0.935. The topological polar surface area (TPSA) is 78.1 Å². The van der Waals surface area contributed by atoms with Crippen molar-refractivity contribution in [3.8, 4) is 0 Å². The van der Waals surface area contributed by atoms with Crippen LogP contribution >= 0.6 is 0 Å². The van der Waals surface area contributed by atoms with E-state index in [0.29, 0.717) is 35.9 Å². The SMILES string of the molecule is Cc1n[nH]c(C)c1S(=O)(=O)N1CCNC(C)(C)C1. The van der Waals surface area contributed by atoms with Gasteiger partial charge in [-0.25, -0.2) is 8.42 Å². The van der Waals surface area contributed by atoms with Gasteiger partial charge in [-0.15, -0.1) is 0 Å². The lowest BCUT2D eigenvalue weighted by molar-refractivity contribution is 0.233. The minimum atomic E-state index is -3.45. The Morgan fingerprint density at radius 3 is 2.50 bits per heavy atom. The Morgan fingerprint density at radius 2 is 2.00 bits per heavy atom. The quantitative estimate of drug-likeness (QED) is 0.817. The van der Waals surface area contributed by atoms with E-state index in [1.807, 2.05) is 13.8 Å². The molecule has 1 aromatic rings. The number of hydrogen-bond acceptors (Lipinski definition) is 4. The molecule has 2 heterocycles. The Bertz CT molecular complexity index is 528. The molecule has 1 fully saturated rings. The number of nitrogens with one attached hydrogen (secondary N) is 2. The van der Waals surface area contributed by atoms with Gasteiger partial charge in [0.2, 0.25) is 10.0 Å². The van der Waals surface area contributed by atoms with Crippen LogP contribution in [-0.2, 0) is 10.0 Å². The molecule has 7 heteroatoms. The summed E-state index contributed by atoms with van der Waals surface area (Å²) in [5.74, 6) is 0. The number of aromatic nitrogens is 2. The molecular weight excluding hydrogens is 252 g/mol. The molecule has 0 spiro atoms. The molecule has 1 saturated heterocycles. The first-order valence-electron chi connectivity index (χ1n) is 6.01. The molecule has 0 aromatic carbocycles. The Balaban J connectivity index is 2.38. The molecule has 102 valence electrons. The lowest BCUT2D eigenvalue weighted by atomic mass is 10.0. The molecule has 6 nitrogen and oxygen atoms in total. The molecule has 1 aromatic heterocycles. The van der Waals surface area contributed by atoms with Crippen LogP contribution in [0.4, 0.5) is 0 Å². The highest BCUT2D eigenvalue weighted by Gasteiger charge is 2.36. The van der Waals surface area contributed by atoms with Gasteiger partial charge in [0.1, 0.15) is 4.90 Å². The number of rotatable bonds is 2. The fourth-order valence-electron chi connectivity index (χ4n) is 2.35. The summed E-state index contributed by atoms with van der Waals surface area (Å²) in [5, 5.41) is 10.0. The van der Waals surface area contributed by atoms with Crippen molar-refractivity contribution in [2.24, 2.45) is 0 Å². The van der Waals surface area contributed by atoms with E-state index in [1.54, 1.807) is 13.8 Å². The summed E-state index contributed by atoms with van der Waals surface area (Å²) < 4.78 is 26.8. The van der Waals surface area contributed by atoms with E-state index < -0.39 is 10.0 Å². The van der Waals surface area contributed by atoms with E-state index in [0.717, 1.165) is 0 Å². The van der Waals surface area contributed by atoms with Crippen LogP contribution in [0.25, 0.3) is 0 Å². The average Bonchev–Trinajstić information content (AvgIpc) is 2.57. The van der Waals surface area contributed by atoms with Gasteiger partial charge in [0.05, 0.1) is 11.4 Å². The molecule has 0 radical (unpaired) electrons. The molecule has 2 rings (SSSR count). The van der Waals surface area contributed by atoms with Gasteiger partial charge >= 0.3 is 0 Å². The van der Waals surface area contributed by atoms with Crippen LogP contribution in [0, 0.1) is 13.8 Å². The summed E-state index contributed by atoms with van der Waals surface area (Å²) >= 11 is 0. The van der Waals surface area contributed by atoms with Crippen molar-refractivity contribution < 1.29 is 8.42 Å². The fraction of sp³-hybridized carbons (Fsp3) is 0.727. The van der Waals surface area contributed by atoms with Gasteiger partial charge in [0.15, 0.2) is 0 Å². The first kappa shape index (κ1) is 13.5. The van der Waals surface area contributed by atoms with Crippen LogP contribution in [0.2, 0.25) is 0 Å². The first-order chi connectivity index (χ1) is 8.24. The molecule has 0 saturated carbocycles. The summed E-state index contributed by atoms with van der Waals surface area (Å²) in [7, 11) is -3.45. The Morgan fingerprint density at radius 1 is 1.33 bits per heavy atom. The van der Waals surface area contributed by atoms with Crippen molar-refractivity contribution in [1.29, 1.82) is 0 Å². The summed E-state index contributed by atoms with van der Waals surface area (Å²) in [6.45, 7) is 9.09. The first-order valence-corrected chi connectivity index (χ1v) is 7.45. The van der Waals surface area contributed by atoms with Crippen LogP contribution in [0.15, 0.2) is 4.90 Å². The van der Waals surface area contributed by atoms with Gasteiger partial charge in [-0.3, -0.25) is 5.10 Å². The molecule has 0 bridgehead atoms. The summed E-state index contributed by atoms with van der Waals surface area (Å²) in [6, 6.07) is 0. The molecule has 0 amide bonds. The van der Waals surface area contributed by atoms with Crippen molar-refractivity contribution in [2.45, 2.75) is 38.1 Å². The van der Waals surface area contributed by atoms with E-state index in [9.17, 15) is 8.42 Å². The molecule has 18 heavy (non-hydrogen) atoms. The zero-order valence-electron chi connectivity index (χ0n) is 11.2. The van der Waals surface area contributed by atoms with E-state index in [1.165, 1.54) is 4.31 Å². The van der Waals surface area contributed by atoms with Crippen molar-refractivity contribution in [3.05, 3.63) is 11.4 Å². The zero-order chi connectivity index (χ0) is 13.6. The maximum atomic E-state index is 12.6. The molecule has 0 unspecified atom stereocenters. The van der Waals surface area contributed by atoms with Crippen LogP contribution in [0.3, 0.4) is 0 Å². The molecule has 0 atom stereocenters. The highest BCUT2D eigenvalue weighted by molar-refractivity contribution is 7.89. The summed E-state index contributed by atoms with van der Waals surface area (Å²) in [4.78, 5) is 0.320. The highest BCUT2D eigenvalue weighted by atomic mass is 32.2. The third kappa shape index (κ3) is 2.30. The predicted octanol–water partition coefficient (Wildman–Crippen LogP) is 0.399. The fourth-order valence-corrected chi connectivity index (χ4v) is 4.28. The van der Waals surface area contributed by atoms with Crippen LogP contribution in [-0.4, -0.2) is 48.1 Å². The maximum absolute atomic E-state index is 12.6. The minimum Gasteiger partial charge on any atom is -0.309 e. The second-order valence-corrected chi connectivity index (χ2v) is 7.29. The van der Waals surface area contributed by atoms with E-state index in [2.05, 4.69) is 15.5 Å². The van der Waals surface area contributed by atoms with Gasteiger partial charge in [-0.1, -0.05) is 0 Å². The number of piperazine rings is 1. The van der Waals surface area contributed by atoms with Crippen molar-refractivity contribution in [2.75, 3.05) is 19.6 Å². The number of sulfonamides is 1. The standard InChI is InChI=1S/C11H20N4O2S/c1-8-10(9(2)14-13-8)18(16,17)15-6-5-12-11(3,4)7-15/h12H,5-7H2,1-4H3,(H,13,14). The number of aryl methyl sites for hydroxylation is 2. The van der Waals surface area contributed by atoms with E-state index in [4.69, 9.17) is 0 Å². The van der Waals surface area contributed by atoms with Gasteiger partial charge in [0.25, 0.3) is 0 Å². The third-order valence-electron chi connectivity index (χ3n) is 3.19. The Labute approximate surface area is 108 Å². The molecule has 1 aliphatic heterocycles. The van der Waals surface area contributed by atoms with Gasteiger partial charge < -0.3 is 5.32 Å². The number of H-pyrrole nitrogens is 1.